The summed E-state index contributed by atoms with van der Waals surface area (Å²) in [5.41, 5.74) is 0.425. The number of ether oxygens (including phenoxy) is 1. The smallest absolute Gasteiger partial charge is 0.290 e. The van der Waals surface area contributed by atoms with Crippen molar-refractivity contribution in [3.63, 3.8) is 0 Å². The molecular weight excluding hydrogens is 289 g/mol. The molecule has 1 aliphatic rings. The first kappa shape index (κ1) is 14.1. The van der Waals surface area contributed by atoms with Crippen LogP contribution in [0.5, 0.6) is 11.6 Å². The molecule has 1 amide bonds. The first-order valence-corrected chi connectivity index (χ1v) is 6.61. The van der Waals surface area contributed by atoms with Gasteiger partial charge in [0.05, 0.1) is 11.6 Å². The van der Waals surface area contributed by atoms with Crippen LogP contribution in [0.15, 0.2) is 36.4 Å². The van der Waals surface area contributed by atoms with Gasteiger partial charge in [0.1, 0.15) is 11.6 Å². The van der Waals surface area contributed by atoms with Crippen molar-refractivity contribution < 1.29 is 18.7 Å². The number of benzene rings is 1. The van der Waals surface area contributed by atoms with Crippen molar-refractivity contribution in [2.75, 3.05) is 13.6 Å². The van der Waals surface area contributed by atoms with E-state index in [2.05, 4.69) is 10.2 Å². The molecule has 1 unspecified atom stereocenters. The number of aromatic nitrogens is 2. The number of amides is 1. The summed E-state index contributed by atoms with van der Waals surface area (Å²) in [5, 5.41) is 7.82. The Labute approximate surface area is 125 Å². The van der Waals surface area contributed by atoms with Gasteiger partial charge in [-0.15, -0.1) is 5.10 Å². The van der Waals surface area contributed by atoms with E-state index in [-0.39, 0.29) is 11.7 Å². The summed E-state index contributed by atoms with van der Waals surface area (Å²) in [7, 11) is 1.57. The van der Waals surface area contributed by atoms with E-state index in [1.54, 1.807) is 19.2 Å². The van der Waals surface area contributed by atoms with Gasteiger partial charge in [-0.3, -0.25) is 9.59 Å². The molecule has 112 valence electrons. The quantitative estimate of drug-likeness (QED) is 0.804. The molecule has 0 aliphatic carbocycles. The van der Waals surface area contributed by atoms with Crippen LogP contribution in [0.3, 0.4) is 0 Å². The van der Waals surface area contributed by atoms with Crippen molar-refractivity contribution in [3.05, 3.63) is 47.9 Å². The second kappa shape index (κ2) is 5.51. The van der Waals surface area contributed by atoms with Crippen LogP contribution in [0.1, 0.15) is 11.6 Å². The lowest BCUT2D eigenvalue weighted by molar-refractivity contribution is -0.139. The zero-order valence-electron chi connectivity index (χ0n) is 11.7. The maximum absolute atomic E-state index is 12.8. The average molecular weight is 301 g/mol. The number of carbonyl (C=O) groups is 2. The predicted molar refractivity (Wildman–Crippen MR) is 73.9 cm³/mol. The lowest BCUT2D eigenvalue weighted by atomic mass is 10.0. The molecule has 3 rings (SSSR count). The summed E-state index contributed by atoms with van der Waals surface area (Å²) < 4.78 is 18.2. The molecule has 0 bridgehead atoms. The van der Waals surface area contributed by atoms with Crippen molar-refractivity contribution in [2.24, 2.45) is 0 Å². The zero-order chi connectivity index (χ0) is 15.7. The fourth-order valence-electron chi connectivity index (χ4n) is 2.20. The van der Waals surface area contributed by atoms with Crippen molar-refractivity contribution in [2.45, 2.75) is 5.92 Å². The van der Waals surface area contributed by atoms with Crippen LogP contribution < -0.4 is 4.74 Å². The first-order valence-electron chi connectivity index (χ1n) is 6.61. The molecule has 1 atom stereocenters. The van der Waals surface area contributed by atoms with Crippen LogP contribution in [0.4, 0.5) is 4.39 Å². The van der Waals surface area contributed by atoms with Gasteiger partial charge in [-0.2, -0.15) is 5.10 Å². The maximum Gasteiger partial charge on any atom is 0.290 e. The third kappa shape index (κ3) is 2.65. The number of likely N-dealkylation sites (tertiary alicyclic amines) is 1. The van der Waals surface area contributed by atoms with Gasteiger partial charge in [-0.25, -0.2) is 4.39 Å². The fraction of sp³-hybridized carbons (Fsp3) is 0.200. The van der Waals surface area contributed by atoms with Gasteiger partial charge in [0.15, 0.2) is 0 Å². The van der Waals surface area contributed by atoms with Gasteiger partial charge >= 0.3 is 0 Å². The number of halogens is 1. The zero-order valence-corrected chi connectivity index (χ0v) is 11.7. The van der Waals surface area contributed by atoms with E-state index in [1.165, 1.54) is 29.2 Å². The molecule has 0 N–H and O–H groups in total. The van der Waals surface area contributed by atoms with Crippen molar-refractivity contribution in [1.82, 2.24) is 15.1 Å². The summed E-state index contributed by atoms with van der Waals surface area (Å²) in [6.07, 6.45) is 0. The number of ketones is 1. The maximum atomic E-state index is 12.8. The van der Waals surface area contributed by atoms with E-state index >= 15 is 0 Å². The highest BCUT2D eigenvalue weighted by Crippen LogP contribution is 2.24. The SMILES string of the molecule is CN1CC(c2ccc(Oc3ccc(F)cc3)nn2)C(=O)C1=O. The molecule has 1 aromatic carbocycles. The number of carbonyl (C=O) groups excluding carboxylic acids is 2. The number of likely N-dealkylation sites (N-methyl/N-ethyl adjacent to an activating group) is 1. The van der Waals surface area contributed by atoms with Gasteiger partial charge in [-0.1, -0.05) is 0 Å². The van der Waals surface area contributed by atoms with Gasteiger partial charge in [0.25, 0.3) is 5.91 Å². The van der Waals surface area contributed by atoms with Gasteiger partial charge in [0.2, 0.25) is 11.7 Å². The van der Waals surface area contributed by atoms with E-state index in [9.17, 15) is 14.0 Å². The molecule has 0 radical (unpaired) electrons. The van der Waals surface area contributed by atoms with E-state index in [1.807, 2.05) is 0 Å². The summed E-state index contributed by atoms with van der Waals surface area (Å²) in [6.45, 7) is 0.296. The van der Waals surface area contributed by atoms with E-state index in [4.69, 9.17) is 4.74 Å². The fourth-order valence-corrected chi connectivity index (χ4v) is 2.20. The lowest BCUT2D eigenvalue weighted by Crippen LogP contribution is -2.22. The van der Waals surface area contributed by atoms with E-state index in [0.717, 1.165) is 0 Å². The summed E-state index contributed by atoms with van der Waals surface area (Å²) in [6, 6.07) is 8.65. The van der Waals surface area contributed by atoms with Crippen LogP contribution in [0.25, 0.3) is 0 Å². The molecule has 6 nitrogen and oxygen atoms in total. The minimum absolute atomic E-state index is 0.223. The molecule has 1 fully saturated rings. The Morgan fingerprint density at radius 1 is 1.14 bits per heavy atom. The Morgan fingerprint density at radius 3 is 2.41 bits per heavy atom. The Hall–Kier alpha value is -2.83. The second-order valence-corrected chi connectivity index (χ2v) is 4.95. The molecule has 2 aromatic rings. The third-order valence-corrected chi connectivity index (χ3v) is 3.38. The molecule has 7 heteroatoms. The predicted octanol–water partition coefficient (Wildman–Crippen LogP) is 1.53. The van der Waals surface area contributed by atoms with Crippen LogP contribution >= 0.6 is 0 Å². The molecule has 1 saturated heterocycles. The normalized spacial score (nSPS) is 17.9. The Morgan fingerprint density at radius 2 is 1.86 bits per heavy atom. The highest BCUT2D eigenvalue weighted by molar-refractivity contribution is 6.40. The molecule has 1 aromatic heterocycles. The monoisotopic (exact) mass is 301 g/mol. The Balaban J connectivity index is 1.74. The molecule has 22 heavy (non-hydrogen) atoms. The minimum atomic E-state index is -0.593. The summed E-state index contributed by atoms with van der Waals surface area (Å²) >= 11 is 0. The Bertz CT molecular complexity index is 716. The molecule has 0 saturated carbocycles. The van der Waals surface area contributed by atoms with Gasteiger partial charge in [0, 0.05) is 19.7 Å². The third-order valence-electron chi connectivity index (χ3n) is 3.38. The standard InChI is InChI=1S/C15H12FN3O3/c1-19-8-11(14(20)15(19)21)12-6-7-13(18-17-12)22-10-4-2-9(16)3-5-10/h2-7,11H,8H2,1H3. The van der Waals surface area contributed by atoms with Gasteiger partial charge < -0.3 is 9.64 Å². The topological polar surface area (TPSA) is 72.4 Å². The average Bonchev–Trinajstić information content (AvgIpc) is 2.78. The highest BCUT2D eigenvalue weighted by Gasteiger charge is 2.38. The molecule has 1 aliphatic heterocycles. The van der Waals surface area contributed by atoms with E-state index < -0.39 is 17.6 Å². The van der Waals surface area contributed by atoms with E-state index in [0.29, 0.717) is 18.0 Å². The van der Waals surface area contributed by atoms with Crippen molar-refractivity contribution in [3.8, 4) is 11.6 Å². The second-order valence-electron chi connectivity index (χ2n) is 4.95. The van der Waals surface area contributed by atoms with Gasteiger partial charge in [-0.05, 0) is 30.3 Å². The number of Topliss-reactive ketones (excluding diaryl/α,β-unsaturated/α-hetero) is 1. The first-order chi connectivity index (χ1) is 10.5. The molecular formula is C15H12FN3O3. The van der Waals surface area contributed by atoms with Crippen LogP contribution in [0.2, 0.25) is 0 Å². The largest absolute Gasteiger partial charge is 0.438 e. The van der Waals surface area contributed by atoms with Crippen molar-refractivity contribution in [1.29, 1.82) is 0 Å². The number of hydrogen-bond donors (Lipinski definition) is 0. The van der Waals surface area contributed by atoms with Crippen molar-refractivity contribution >= 4 is 11.7 Å². The van der Waals surface area contributed by atoms with Crippen LogP contribution in [-0.4, -0.2) is 40.4 Å². The molecule has 0 spiro atoms. The van der Waals surface area contributed by atoms with Crippen LogP contribution in [-0.2, 0) is 9.59 Å². The summed E-state index contributed by atoms with van der Waals surface area (Å²) in [5.74, 6) is -1.30. The Kier molecular flexibility index (Phi) is 3.54. The highest BCUT2D eigenvalue weighted by atomic mass is 19.1. The minimum Gasteiger partial charge on any atom is -0.438 e. The molecule has 2 heterocycles. The lowest BCUT2D eigenvalue weighted by Gasteiger charge is -2.08. The summed E-state index contributed by atoms with van der Waals surface area (Å²) in [4.78, 5) is 24.7. The number of rotatable bonds is 3. The number of hydrogen-bond acceptors (Lipinski definition) is 5. The van der Waals surface area contributed by atoms with Crippen LogP contribution in [0, 0.1) is 5.82 Å². The number of nitrogens with zero attached hydrogens (tertiary/aromatic N) is 3.